The van der Waals surface area contributed by atoms with E-state index < -0.39 is 55.3 Å². The molecular formula is C32H46N2O9. The third kappa shape index (κ3) is 9.03. The van der Waals surface area contributed by atoms with Crippen LogP contribution in [0.4, 0.5) is 0 Å². The van der Waals surface area contributed by atoms with Gasteiger partial charge in [0.15, 0.2) is 12.6 Å². The molecule has 0 aromatic heterocycles. The Morgan fingerprint density at radius 2 is 1.35 bits per heavy atom. The average molecular weight is 603 g/mol. The highest BCUT2D eigenvalue weighted by molar-refractivity contribution is 5.17. The number of benzene rings is 2. The lowest BCUT2D eigenvalue weighted by atomic mass is 9.96. The van der Waals surface area contributed by atoms with Crippen LogP contribution >= 0.6 is 0 Å². The van der Waals surface area contributed by atoms with Gasteiger partial charge in [-0.2, -0.15) is 0 Å². The average Bonchev–Trinajstić information content (AvgIpc) is 3.03. The number of ether oxygens (including phenoxy) is 4. The molecule has 0 amide bonds. The molecule has 9 atom stereocenters. The first-order chi connectivity index (χ1) is 20.9. The molecule has 3 aliphatic heterocycles. The van der Waals surface area contributed by atoms with Gasteiger partial charge in [0.25, 0.3) is 0 Å². The molecule has 3 fully saturated rings. The van der Waals surface area contributed by atoms with E-state index in [1.807, 2.05) is 65.6 Å². The van der Waals surface area contributed by atoms with Gasteiger partial charge in [-0.25, -0.2) is 0 Å². The molecule has 0 bridgehead atoms. The summed E-state index contributed by atoms with van der Waals surface area (Å²) in [5.74, 6) is 0.359. The van der Waals surface area contributed by atoms with E-state index in [1.165, 1.54) is 0 Å². The third-order valence-electron chi connectivity index (χ3n) is 8.49. The molecule has 0 radical (unpaired) electrons. The van der Waals surface area contributed by atoms with E-state index in [9.17, 15) is 25.5 Å². The van der Waals surface area contributed by atoms with Crippen LogP contribution in [0.3, 0.4) is 0 Å². The van der Waals surface area contributed by atoms with E-state index >= 15 is 0 Å². The highest BCUT2D eigenvalue weighted by Gasteiger charge is 2.40. The van der Waals surface area contributed by atoms with Crippen LogP contribution in [-0.2, 0) is 18.9 Å². The lowest BCUT2D eigenvalue weighted by Gasteiger charge is -2.40. The van der Waals surface area contributed by atoms with Crippen LogP contribution in [0.1, 0.15) is 43.0 Å². The van der Waals surface area contributed by atoms with Gasteiger partial charge in [-0.05, 0) is 31.8 Å². The number of hydrogen-bond donors (Lipinski definition) is 6. The monoisotopic (exact) mass is 602 g/mol. The van der Waals surface area contributed by atoms with Gasteiger partial charge in [0, 0.05) is 37.2 Å². The summed E-state index contributed by atoms with van der Waals surface area (Å²) in [6, 6.07) is 18.7. The van der Waals surface area contributed by atoms with Crippen LogP contribution in [0.15, 0.2) is 60.7 Å². The molecule has 5 rings (SSSR count). The number of nitrogens with one attached hydrogen (secondary N) is 1. The van der Waals surface area contributed by atoms with Crippen molar-refractivity contribution < 1.29 is 44.5 Å². The number of piperidine rings is 1. The zero-order chi connectivity index (χ0) is 30.2. The Balaban J connectivity index is 1.21. The zero-order valence-electron chi connectivity index (χ0n) is 24.4. The molecule has 2 unspecified atom stereocenters. The van der Waals surface area contributed by atoms with Gasteiger partial charge in [-0.3, -0.25) is 4.90 Å². The second kappa shape index (κ2) is 15.8. The topological polar surface area (TPSA) is 153 Å². The molecule has 238 valence electrons. The minimum atomic E-state index is -1.38. The first-order valence-electron chi connectivity index (χ1n) is 15.3. The fourth-order valence-electron chi connectivity index (χ4n) is 6.11. The number of aliphatic hydroxyl groups is 5. The van der Waals surface area contributed by atoms with E-state index in [-0.39, 0.29) is 32.7 Å². The van der Waals surface area contributed by atoms with Crippen LogP contribution in [0.2, 0.25) is 0 Å². The molecule has 3 heterocycles. The quantitative estimate of drug-likeness (QED) is 0.204. The van der Waals surface area contributed by atoms with Crippen molar-refractivity contribution >= 4 is 0 Å². The van der Waals surface area contributed by atoms with Crippen molar-refractivity contribution in [3.05, 3.63) is 71.8 Å². The number of hydrogen-bond acceptors (Lipinski definition) is 11. The van der Waals surface area contributed by atoms with Gasteiger partial charge in [0.1, 0.15) is 24.4 Å². The lowest BCUT2D eigenvalue weighted by molar-refractivity contribution is -0.283. The molecule has 0 spiro atoms. The minimum absolute atomic E-state index is 0.0388. The van der Waals surface area contributed by atoms with Crippen molar-refractivity contribution in [3.8, 4) is 0 Å². The van der Waals surface area contributed by atoms with Gasteiger partial charge in [-0.15, -0.1) is 0 Å². The van der Waals surface area contributed by atoms with Gasteiger partial charge < -0.3 is 49.8 Å². The summed E-state index contributed by atoms with van der Waals surface area (Å²) in [5.41, 5.74) is 1.59. The second-order valence-corrected chi connectivity index (χ2v) is 11.9. The first kappa shape index (κ1) is 32.4. The predicted octanol–water partition coefficient (Wildman–Crippen LogP) is 0.711. The summed E-state index contributed by atoms with van der Waals surface area (Å²) in [6.45, 7) is 2.75. The number of rotatable bonds is 12. The zero-order valence-corrected chi connectivity index (χ0v) is 24.4. The summed E-state index contributed by atoms with van der Waals surface area (Å²) >= 11 is 0. The summed E-state index contributed by atoms with van der Waals surface area (Å²) in [4.78, 5) is 1.95. The highest BCUT2D eigenvalue weighted by Crippen LogP contribution is 2.30. The van der Waals surface area contributed by atoms with Crippen molar-refractivity contribution in [2.24, 2.45) is 5.92 Å². The molecule has 0 aliphatic carbocycles. The second-order valence-electron chi connectivity index (χ2n) is 11.9. The summed E-state index contributed by atoms with van der Waals surface area (Å²) < 4.78 is 23.3. The maximum absolute atomic E-state index is 11.2. The van der Waals surface area contributed by atoms with Crippen LogP contribution in [0, 0.1) is 5.92 Å². The summed E-state index contributed by atoms with van der Waals surface area (Å²) in [6.07, 6.45) is -6.49. The molecule has 0 saturated carbocycles. The van der Waals surface area contributed by atoms with Crippen molar-refractivity contribution in [1.29, 1.82) is 0 Å². The normalized spacial score (nSPS) is 31.0. The maximum Gasteiger partial charge on any atom is 0.184 e. The fraction of sp³-hybridized carbons (Fsp3) is 0.625. The van der Waals surface area contributed by atoms with E-state index in [2.05, 4.69) is 5.32 Å². The molecule has 3 aliphatic rings. The van der Waals surface area contributed by atoms with Crippen molar-refractivity contribution in [2.75, 3.05) is 45.9 Å². The Kier molecular flexibility index (Phi) is 11.9. The molecule has 6 N–H and O–H groups in total. The molecular weight excluding hydrogens is 556 g/mol. The van der Waals surface area contributed by atoms with Crippen LogP contribution in [0.5, 0.6) is 0 Å². The Morgan fingerprint density at radius 3 is 1.98 bits per heavy atom. The predicted molar refractivity (Wildman–Crippen MR) is 157 cm³/mol. The fourth-order valence-corrected chi connectivity index (χ4v) is 6.11. The molecule has 3 saturated heterocycles. The lowest BCUT2D eigenvalue weighted by Crippen LogP contribution is -2.54. The van der Waals surface area contributed by atoms with Crippen LogP contribution in [-0.4, -0.2) is 119 Å². The summed E-state index contributed by atoms with van der Waals surface area (Å²) in [5, 5.41) is 58.0. The Labute approximate surface area is 253 Å². The van der Waals surface area contributed by atoms with Crippen LogP contribution in [0.25, 0.3) is 0 Å². The van der Waals surface area contributed by atoms with E-state index in [0.717, 1.165) is 37.1 Å². The molecule has 2 aromatic rings. The largest absolute Gasteiger partial charge is 0.392 e. The molecule has 43 heavy (non-hydrogen) atoms. The molecule has 11 nitrogen and oxygen atoms in total. The van der Waals surface area contributed by atoms with Crippen LogP contribution < -0.4 is 5.32 Å². The number of aliphatic hydroxyl groups excluding tert-OH is 5. The van der Waals surface area contributed by atoms with Gasteiger partial charge in [-0.1, -0.05) is 60.7 Å². The highest BCUT2D eigenvalue weighted by atomic mass is 16.7. The van der Waals surface area contributed by atoms with Gasteiger partial charge in [0.2, 0.25) is 0 Å². The smallest absolute Gasteiger partial charge is 0.184 e. The van der Waals surface area contributed by atoms with Gasteiger partial charge in [0.05, 0.1) is 31.5 Å². The Hall–Kier alpha value is -2.00. The third-order valence-corrected chi connectivity index (χ3v) is 8.49. The van der Waals surface area contributed by atoms with Crippen molar-refractivity contribution in [1.82, 2.24) is 10.2 Å². The Morgan fingerprint density at radius 1 is 0.767 bits per heavy atom. The molecule has 2 aromatic carbocycles. The first-order valence-corrected chi connectivity index (χ1v) is 15.3. The molecule has 11 heteroatoms. The van der Waals surface area contributed by atoms with Crippen molar-refractivity contribution in [3.63, 3.8) is 0 Å². The van der Waals surface area contributed by atoms with E-state index in [1.54, 1.807) is 0 Å². The Bertz CT molecular complexity index is 1080. The van der Waals surface area contributed by atoms with E-state index in [0.29, 0.717) is 12.5 Å². The minimum Gasteiger partial charge on any atom is -0.392 e. The maximum atomic E-state index is 11.2. The number of nitrogens with zero attached hydrogens (tertiary/aromatic N) is 1. The SMILES string of the molecule is O[C@H](C[C@@H]1OC(c2ccccc2)OC[C@H]1O)CN(CC1CCNCC1)C[C@H](O)[C@@H](O)[C@@H]1OC(c2ccccc2)OC[C@H]1O. The van der Waals surface area contributed by atoms with E-state index in [4.69, 9.17) is 18.9 Å². The standard InChI is InChI=1S/C32H46N2O9/c35-24(15-28-26(37)19-40-31(42-28)22-7-3-1-4-8-22)17-34(16-21-11-13-33-14-12-21)18-25(36)29(39)30-27(38)20-41-32(43-30)23-9-5-2-6-10-23/h1-10,21,24-33,35-39H,11-20H2/t24-,25+,26-,27-,28+,29-,30-,31?,32?/m1/s1. The summed E-state index contributed by atoms with van der Waals surface area (Å²) in [7, 11) is 0. The van der Waals surface area contributed by atoms with Crippen molar-refractivity contribution in [2.45, 2.75) is 74.6 Å². The van der Waals surface area contributed by atoms with Gasteiger partial charge >= 0.3 is 0 Å².